The lowest BCUT2D eigenvalue weighted by Gasteiger charge is -2.26. The molecule has 0 aliphatic carbocycles. The Hall–Kier alpha value is -3.30. The van der Waals surface area contributed by atoms with Crippen LogP contribution in [0.5, 0.6) is 0 Å². The van der Waals surface area contributed by atoms with Crippen molar-refractivity contribution in [1.82, 2.24) is 25.2 Å². The van der Waals surface area contributed by atoms with Crippen LogP contribution in [0.3, 0.4) is 0 Å². The van der Waals surface area contributed by atoms with Gasteiger partial charge < -0.3 is 9.88 Å². The molecule has 150 valence electrons. The largest absolute Gasteiger partial charge is 0.354 e. The summed E-state index contributed by atoms with van der Waals surface area (Å²) in [4.78, 5) is 29.7. The van der Waals surface area contributed by atoms with Crippen molar-refractivity contribution in [2.75, 3.05) is 19.6 Å². The van der Waals surface area contributed by atoms with E-state index < -0.39 is 5.91 Å². The second-order valence-corrected chi connectivity index (χ2v) is 7.00. The van der Waals surface area contributed by atoms with Crippen LogP contribution in [0.4, 0.5) is 4.39 Å². The van der Waals surface area contributed by atoms with E-state index in [0.717, 1.165) is 28.6 Å². The molecule has 2 aromatic heterocycles. The van der Waals surface area contributed by atoms with Crippen molar-refractivity contribution in [3.63, 3.8) is 0 Å². The number of pyridine rings is 1. The van der Waals surface area contributed by atoms with E-state index in [2.05, 4.69) is 10.3 Å². The molecular formula is C20H20FN5O3. The zero-order chi connectivity index (χ0) is 20.4. The second kappa shape index (κ2) is 7.98. The van der Waals surface area contributed by atoms with Gasteiger partial charge in [0, 0.05) is 37.8 Å². The van der Waals surface area contributed by atoms with Crippen LogP contribution in [0.2, 0.25) is 0 Å². The molecule has 3 heterocycles. The van der Waals surface area contributed by atoms with Crippen molar-refractivity contribution < 1.29 is 19.2 Å². The van der Waals surface area contributed by atoms with Gasteiger partial charge in [-0.05, 0) is 29.3 Å². The van der Waals surface area contributed by atoms with E-state index in [-0.39, 0.29) is 17.4 Å². The zero-order valence-corrected chi connectivity index (χ0v) is 15.6. The number of carbonyl (C=O) groups is 2. The van der Waals surface area contributed by atoms with E-state index in [4.69, 9.17) is 5.21 Å². The minimum Gasteiger partial charge on any atom is -0.354 e. The molecule has 3 N–H and O–H groups in total. The number of rotatable bonds is 5. The molecule has 0 atom stereocenters. The van der Waals surface area contributed by atoms with Crippen molar-refractivity contribution in [2.45, 2.75) is 13.1 Å². The molecule has 1 fully saturated rings. The number of aromatic nitrogens is 2. The van der Waals surface area contributed by atoms with E-state index in [1.807, 2.05) is 15.7 Å². The molecule has 8 nitrogen and oxygen atoms in total. The minimum absolute atomic E-state index is 0.0201. The number of hydrogen-bond donors (Lipinski definition) is 3. The molecule has 0 bridgehead atoms. The summed E-state index contributed by atoms with van der Waals surface area (Å²) in [5.41, 5.74) is 4.35. The number of nitrogens with one attached hydrogen (secondary N) is 2. The van der Waals surface area contributed by atoms with Gasteiger partial charge in [-0.15, -0.1) is 0 Å². The van der Waals surface area contributed by atoms with Crippen LogP contribution in [-0.4, -0.2) is 51.1 Å². The normalized spacial score (nSPS) is 14.8. The number of fused-ring (bicyclic) bond motifs is 1. The topological polar surface area (TPSA) is 99.5 Å². The van der Waals surface area contributed by atoms with Gasteiger partial charge in [0.05, 0.1) is 18.3 Å². The van der Waals surface area contributed by atoms with E-state index >= 15 is 0 Å². The van der Waals surface area contributed by atoms with Gasteiger partial charge in [0.1, 0.15) is 11.5 Å². The lowest BCUT2D eigenvalue weighted by molar-refractivity contribution is -0.124. The maximum absolute atomic E-state index is 13.2. The fourth-order valence-corrected chi connectivity index (χ4v) is 3.55. The molecule has 4 rings (SSSR count). The summed E-state index contributed by atoms with van der Waals surface area (Å²) in [5.74, 6) is -1.01. The number of benzene rings is 1. The van der Waals surface area contributed by atoms with Gasteiger partial charge in [-0.2, -0.15) is 0 Å². The predicted molar refractivity (Wildman–Crippen MR) is 103 cm³/mol. The third-order valence-electron chi connectivity index (χ3n) is 4.96. The summed E-state index contributed by atoms with van der Waals surface area (Å²) < 4.78 is 15.2. The van der Waals surface area contributed by atoms with E-state index in [0.29, 0.717) is 26.2 Å². The van der Waals surface area contributed by atoms with Crippen LogP contribution in [0.15, 0.2) is 42.7 Å². The SMILES string of the molecule is O=C1CN(Cc2cn(Cc3ccc(F)cc3)c3cnc(C(=O)NO)cc23)CCN1. The highest BCUT2D eigenvalue weighted by Crippen LogP contribution is 2.24. The van der Waals surface area contributed by atoms with Crippen LogP contribution >= 0.6 is 0 Å². The summed E-state index contributed by atoms with van der Waals surface area (Å²) in [7, 11) is 0. The Kier molecular flexibility index (Phi) is 5.24. The van der Waals surface area contributed by atoms with Gasteiger partial charge >= 0.3 is 0 Å². The lowest BCUT2D eigenvalue weighted by atomic mass is 10.1. The van der Waals surface area contributed by atoms with Gasteiger partial charge in [-0.3, -0.25) is 19.7 Å². The molecular weight excluding hydrogens is 377 g/mol. The first-order valence-electron chi connectivity index (χ1n) is 9.19. The Balaban J connectivity index is 1.72. The Labute approximate surface area is 165 Å². The maximum atomic E-state index is 13.2. The van der Waals surface area contributed by atoms with Crippen molar-refractivity contribution in [2.24, 2.45) is 0 Å². The summed E-state index contributed by atoms with van der Waals surface area (Å²) >= 11 is 0. The fraction of sp³-hybridized carbons (Fsp3) is 0.250. The van der Waals surface area contributed by atoms with Gasteiger partial charge in [0.15, 0.2) is 0 Å². The van der Waals surface area contributed by atoms with E-state index in [1.165, 1.54) is 12.1 Å². The summed E-state index contributed by atoms with van der Waals surface area (Å²) in [6.45, 7) is 2.66. The van der Waals surface area contributed by atoms with Gasteiger partial charge in [0.25, 0.3) is 5.91 Å². The third kappa shape index (κ3) is 4.10. The van der Waals surface area contributed by atoms with Gasteiger partial charge in [0.2, 0.25) is 5.91 Å². The second-order valence-electron chi connectivity index (χ2n) is 7.00. The Bertz CT molecular complexity index is 1060. The molecule has 0 unspecified atom stereocenters. The summed E-state index contributed by atoms with van der Waals surface area (Å²) in [5, 5.41) is 12.5. The van der Waals surface area contributed by atoms with Crippen LogP contribution < -0.4 is 10.8 Å². The number of piperazine rings is 1. The molecule has 1 aromatic carbocycles. The number of amides is 2. The monoisotopic (exact) mass is 397 g/mol. The number of hydroxylamine groups is 1. The Morgan fingerprint density at radius 3 is 2.79 bits per heavy atom. The lowest BCUT2D eigenvalue weighted by Crippen LogP contribution is -2.47. The molecule has 0 spiro atoms. The molecule has 2 amide bonds. The zero-order valence-electron chi connectivity index (χ0n) is 15.6. The minimum atomic E-state index is -0.693. The van der Waals surface area contributed by atoms with Gasteiger partial charge in [-0.1, -0.05) is 12.1 Å². The molecule has 1 aliphatic rings. The molecule has 1 saturated heterocycles. The van der Waals surface area contributed by atoms with E-state index in [1.54, 1.807) is 29.9 Å². The molecule has 3 aromatic rings. The number of halogens is 1. The van der Waals surface area contributed by atoms with Crippen molar-refractivity contribution in [1.29, 1.82) is 0 Å². The molecule has 29 heavy (non-hydrogen) atoms. The Morgan fingerprint density at radius 1 is 1.28 bits per heavy atom. The number of nitrogens with zero attached hydrogens (tertiary/aromatic N) is 3. The first-order valence-corrected chi connectivity index (χ1v) is 9.19. The smallest absolute Gasteiger partial charge is 0.293 e. The highest BCUT2D eigenvalue weighted by atomic mass is 19.1. The first kappa shape index (κ1) is 19.0. The fourth-order valence-electron chi connectivity index (χ4n) is 3.55. The predicted octanol–water partition coefficient (Wildman–Crippen LogP) is 1.27. The molecule has 0 radical (unpaired) electrons. The Morgan fingerprint density at radius 2 is 2.07 bits per heavy atom. The quantitative estimate of drug-likeness (QED) is 0.445. The first-order chi connectivity index (χ1) is 14.0. The molecule has 0 saturated carbocycles. The highest BCUT2D eigenvalue weighted by Gasteiger charge is 2.20. The van der Waals surface area contributed by atoms with Crippen molar-refractivity contribution in [3.05, 3.63) is 65.4 Å². The average molecular weight is 397 g/mol. The van der Waals surface area contributed by atoms with Crippen molar-refractivity contribution in [3.8, 4) is 0 Å². The highest BCUT2D eigenvalue weighted by molar-refractivity contribution is 5.96. The maximum Gasteiger partial charge on any atom is 0.293 e. The average Bonchev–Trinajstić information content (AvgIpc) is 3.05. The summed E-state index contributed by atoms with van der Waals surface area (Å²) in [6.07, 6.45) is 3.54. The van der Waals surface area contributed by atoms with Crippen LogP contribution in [0.1, 0.15) is 21.6 Å². The number of hydrogen-bond acceptors (Lipinski definition) is 5. The molecule has 1 aliphatic heterocycles. The van der Waals surface area contributed by atoms with Crippen LogP contribution in [0.25, 0.3) is 10.9 Å². The number of carbonyl (C=O) groups excluding carboxylic acids is 2. The van der Waals surface area contributed by atoms with Crippen molar-refractivity contribution >= 4 is 22.7 Å². The van der Waals surface area contributed by atoms with E-state index in [9.17, 15) is 14.0 Å². The third-order valence-corrected chi connectivity index (χ3v) is 4.96. The standard InChI is InChI=1S/C20H20FN5O3/c21-15-3-1-13(2-4-15)9-26-11-14(10-25-6-5-22-19(27)12-25)16-7-17(20(28)24-29)23-8-18(16)26/h1-4,7-8,11,29H,5-6,9-10,12H2,(H,22,27)(H,24,28). The van der Waals surface area contributed by atoms with Gasteiger partial charge in [-0.25, -0.2) is 14.9 Å². The van der Waals surface area contributed by atoms with Crippen LogP contribution in [-0.2, 0) is 17.9 Å². The summed E-state index contributed by atoms with van der Waals surface area (Å²) in [6, 6.07) is 7.89. The molecule has 9 heteroatoms. The van der Waals surface area contributed by atoms with Crippen LogP contribution in [0, 0.1) is 5.82 Å².